The lowest BCUT2D eigenvalue weighted by atomic mass is 10.2. The molecule has 0 bridgehead atoms. The van der Waals surface area contributed by atoms with Crippen molar-refractivity contribution in [3.05, 3.63) is 17.5 Å². The number of hydrogen-bond donors (Lipinski definition) is 0. The van der Waals surface area contributed by atoms with Crippen LogP contribution in [0.15, 0.2) is 6.20 Å². The zero-order chi connectivity index (χ0) is 9.42. The van der Waals surface area contributed by atoms with Gasteiger partial charge in [0.2, 0.25) is 0 Å². The molecule has 2 heterocycles. The average molecular weight is 179 g/mol. The molecule has 1 aromatic heterocycles. The highest BCUT2D eigenvalue weighted by atomic mass is 16.2. The molecular formula is C9H13N3O. The van der Waals surface area contributed by atoms with Crippen molar-refractivity contribution in [3.63, 3.8) is 0 Å². The van der Waals surface area contributed by atoms with Crippen LogP contribution in [-0.2, 0) is 6.54 Å². The molecule has 4 heteroatoms. The van der Waals surface area contributed by atoms with Crippen LogP contribution in [0.25, 0.3) is 0 Å². The van der Waals surface area contributed by atoms with E-state index in [1.807, 2.05) is 18.7 Å². The van der Waals surface area contributed by atoms with Gasteiger partial charge in [-0.1, -0.05) is 0 Å². The highest BCUT2D eigenvalue weighted by Crippen LogP contribution is 2.14. The summed E-state index contributed by atoms with van der Waals surface area (Å²) in [5.41, 5.74) is 1.73. The Kier molecular flexibility index (Phi) is 1.83. The maximum absolute atomic E-state index is 11.8. The minimum Gasteiger partial charge on any atom is -0.336 e. The number of carbonyl (C=O) groups excluding carboxylic acids is 1. The number of likely N-dealkylation sites (N-methyl/N-ethyl adjacent to an activating group) is 1. The molecule has 13 heavy (non-hydrogen) atoms. The first kappa shape index (κ1) is 8.29. The summed E-state index contributed by atoms with van der Waals surface area (Å²) in [5, 5.41) is 4.14. The topological polar surface area (TPSA) is 38.1 Å². The molecule has 2 rings (SSSR count). The number of hydrogen-bond acceptors (Lipinski definition) is 2. The molecule has 0 unspecified atom stereocenters. The minimum absolute atomic E-state index is 0.115. The number of rotatable bonds is 1. The lowest BCUT2D eigenvalue weighted by Gasteiger charge is -2.26. The molecule has 4 nitrogen and oxygen atoms in total. The SMILES string of the molecule is CCN1CCn2ncc(C)c2C1=O. The number of carbonyl (C=O) groups is 1. The highest BCUT2D eigenvalue weighted by molar-refractivity contribution is 5.94. The lowest BCUT2D eigenvalue weighted by molar-refractivity contribution is 0.0707. The van der Waals surface area contributed by atoms with E-state index < -0.39 is 0 Å². The van der Waals surface area contributed by atoms with Crippen molar-refractivity contribution in [1.29, 1.82) is 0 Å². The second kappa shape index (κ2) is 2.87. The summed E-state index contributed by atoms with van der Waals surface area (Å²) >= 11 is 0. The number of amides is 1. The van der Waals surface area contributed by atoms with Crippen LogP contribution in [-0.4, -0.2) is 33.7 Å². The molecule has 0 saturated carbocycles. The van der Waals surface area contributed by atoms with Crippen molar-refractivity contribution < 1.29 is 4.79 Å². The first-order valence-electron chi connectivity index (χ1n) is 4.55. The Morgan fingerprint density at radius 3 is 3.00 bits per heavy atom. The second-order valence-electron chi connectivity index (χ2n) is 3.28. The fourth-order valence-corrected chi connectivity index (χ4v) is 1.70. The van der Waals surface area contributed by atoms with E-state index in [1.165, 1.54) is 0 Å². The van der Waals surface area contributed by atoms with Gasteiger partial charge in [0.25, 0.3) is 5.91 Å². The zero-order valence-electron chi connectivity index (χ0n) is 7.95. The van der Waals surface area contributed by atoms with Crippen LogP contribution in [0.4, 0.5) is 0 Å². The average Bonchev–Trinajstić information content (AvgIpc) is 2.49. The van der Waals surface area contributed by atoms with Crippen LogP contribution in [0, 0.1) is 6.92 Å². The summed E-state index contributed by atoms with van der Waals surface area (Å²) in [5.74, 6) is 0.115. The molecule has 0 radical (unpaired) electrons. The Morgan fingerprint density at radius 1 is 1.54 bits per heavy atom. The molecule has 1 aromatic rings. The van der Waals surface area contributed by atoms with E-state index in [4.69, 9.17) is 0 Å². The van der Waals surface area contributed by atoms with Gasteiger partial charge < -0.3 is 4.90 Å². The van der Waals surface area contributed by atoms with Crippen molar-refractivity contribution in [2.75, 3.05) is 13.1 Å². The van der Waals surface area contributed by atoms with E-state index in [2.05, 4.69) is 5.10 Å². The molecule has 1 aliphatic rings. The summed E-state index contributed by atoms with van der Waals surface area (Å²) in [6, 6.07) is 0. The summed E-state index contributed by atoms with van der Waals surface area (Å²) in [6.45, 7) is 6.31. The second-order valence-corrected chi connectivity index (χ2v) is 3.28. The molecule has 1 amide bonds. The number of aromatic nitrogens is 2. The van der Waals surface area contributed by atoms with E-state index >= 15 is 0 Å². The van der Waals surface area contributed by atoms with Crippen LogP contribution in [0.5, 0.6) is 0 Å². The van der Waals surface area contributed by atoms with Crippen LogP contribution < -0.4 is 0 Å². The molecule has 0 N–H and O–H groups in total. The Morgan fingerprint density at radius 2 is 2.31 bits per heavy atom. The molecule has 0 spiro atoms. The third-order valence-corrected chi connectivity index (χ3v) is 2.48. The predicted octanol–water partition coefficient (Wildman–Crippen LogP) is 0.667. The fraction of sp³-hybridized carbons (Fsp3) is 0.556. The van der Waals surface area contributed by atoms with Crippen molar-refractivity contribution in [1.82, 2.24) is 14.7 Å². The minimum atomic E-state index is 0.115. The number of nitrogens with zero attached hydrogens (tertiary/aromatic N) is 3. The van der Waals surface area contributed by atoms with E-state index in [9.17, 15) is 4.79 Å². The molecule has 1 aliphatic heterocycles. The Bertz CT molecular complexity index is 343. The van der Waals surface area contributed by atoms with E-state index in [0.29, 0.717) is 0 Å². The van der Waals surface area contributed by atoms with Gasteiger partial charge >= 0.3 is 0 Å². The molecule has 70 valence electrons. The highest BCUT2D eigenvalue weighted by Gasteiger charge is 2.25. The molecular weight excluding hydrogens is 166 g/mol. The lowest BCUT2D eigenvalue weighted by Crippen LogP contribution is -2.40. The number of fused-ring (bicyclic) bond motifs is 1. The maximum Gasteiger partial charge on any atom is 0.272 e. The molecule has 0 saturated heterocycles. The standard InChI is InChI=1S/C9H13N3O/c1-3-11-4-5-12-8(9(11)13)7(2)6-10-12/h6H,3-5H2,1-2H3. The van der Waals surface area contributed by atoms with E-state index in [-0.39, 0.29) is 5.91 Å². The smallest absolute Gasteiger partial charge is 0.272 e. The largest absolute Gasteiger partial charge is 0.336 e. The van der Waals surface area contributed by atoms with Gasteiger partial charge in [-0.3, -0.25) is 9.48 Å². The van der Waals surface area contributed by atoms with E-state index in [1.54, 1.807) is 10.9 Å². The van der Waals surface area contributed by atoms with E-state index in [0.717, 1.165) is 30.9 Å². The summed E-state index contributed by atoms with van der Waals surface area (Å²) in [7, 11) is 0. The Hall–Kier alpha value is -1.32. The fourth-order valence-electron chi connectivity index (χ4n) is 1.70. The van der Waals surface area contributed by atoms with Crippen LogP contribution in [0.1, 0.15) is 23.0 Å². The maximum atomic E-state index is 11.8. The summed E-state index contributed by atoms with van der Waals surface area (Å²) in [4.78, 5) is 13.6. The third kappa shape index (κ3) is 1.13. The monoisotopic (exact) mass is 179 g/mol. The van der Waals surface area contributed by atoms with Crippen LogP contribution in [0.2, 0.25) is 0 Å². The van der Waals surface area contributed by atoms with Gasteiger partial charge in [-0.15, -0.1) is 0 Å². The predicted molar refractivity (Wildman–Crippen MR) is 48.5 cm³/mol. The first-order valence-corrected chi connectivity index (χ1v) is 4.55. The van der Waals surface area contributed by atoms with Crippen molar-refractivity contribution in [2.45, 2.75) is 20.4 Å². The summed E-state index contributed by atoms with van der Waals surface area (Å²) < 4.78 is 1.80. The van der Waals surface area contributed by atoms with Gasteiger partial charge in [-0.25, -0.2) is 0 Å². The Balaban J connectivity index is 2.43. The molecule has 0 aromatic carbocycles. The van der Waals surface area contributed by atoms with Gasteiger partial charge in [0.15, 0.2) is 0 Å². The van der Waals surface area contributed by atoms with Gasteiger partial charge in [0.05, 0.1) is 12.7 Å². The summed E-state index contributed by atoms with van der Waals surface area (Å²) in [6.07, 6.45) is 1.76. The molecule has 0 atom stereocenters. The van der Waals surface area contributed by atoms with Gasteiger partial charge in [-0.05, 0) is 19.4 Å². The van der Waals surface area contributed by atoms with Crippen molar-refractivity contribution in [3.8, 4) is 0 Å². The van der Waals surface area contributed by atoms with Crippen LogP contribution in [0.3, 0.4) is 0 Å². The van der Waals surface area contributed by atoms with Crippen LogP contribution >= 0.6 is 0 Å². The molecule has 0 fully saturated rings. The third-order valence-electron chi connectivity index (χ3n) is 2.48. The van der Waals surface area contributed by atoms with Crippen molar-refractivity contribution >= 4 is 5.91 Å². The first-order chi connectivity index (χ1) is 6.24. The Labute approximate surface area is 77.1 Å². The van der Waals surface area contributed by atoms with Gasteiger partial charge in [0.1, 0.15) is 5.69 Å². The van der Waals surface area contributed by atoms with Crippen molar-refractivity contribution in [2.24, 2.45) is 0 Å². The number of aryl methyl sites for hydroxylation is 1. The zero-order valence-corrected chi connectivity index (χ0v) is 7.95. The normalized spacial score (nSPS) is 16.2. The quantitative estimate of drug-likeness (QED) is 0.635. The molecule has 0 aliphatic carbocycles. The van der Waals surface area contributed by atoms with Gasteiger partial charge in [0, 0.05) is 13.1 Å². The van der Waals surface area contributed by atoms with Gasteiger partial charge in [-0.2, -0.15) is 5.10 Å².